The lowest BCUT2D eigenvalue weighted by molar-refractivity contribution is -0.00232. The van der Waals surface area contributed by atoms with Crippen LogP contribution in [0.5, 0.6) is 0 Å². The molecule has 0 bridgehead atoms. The zero-order valence-electron chi connectivity index (χ0n) is 26.1. The Labute approximate surface area is 239 Å². The maximum absolute atomic E-state index is 8.74. The minimum Gasteiger partial charge on any atom is -0.376 e. The molecule has 0 aromatic carbocycles. The number of rotatable bonds is 28. The third-order valence-electron chi connectivity index (χ3n) is 7.39. The van der Waals surface area contributed by atoms with Crippen molar-refractivity contribution >= 4 is 10.4 Å². The van der Waals surface area contributed by atoms with E-state index < -0.39 is 10.4 Å². The van der Waals surface area contributed by atoms with E-state index in [-0.39, 0.29) is 0 Å². The lowest BCUT2D eigenvalue weighted by atomic mass is 10.0. The standard InChI is InChI=1S/C32H66O.H2O4S/c1-5-7-9-11-13-15-17-19-21-23-25-27-29-31(3)33-32(4)30-28-26-24-22-20-18-16-14-12-10-8-6-2;1-5(2,3)4/h31-32H,5-30H2,1-4H3;(H2,1,2,3,4). The number of unbranched alkanes of at least 4 members (excludes halogenated alkanes) is 22. The number of ether oxygens (including phenoxy) is 1. The molecule has 2 N–H and O–H groups in total. The second kappa shape index (κ2) is 31.4. The first kappa shape index (κ1) is 40.0. The minimum atomic E-state index is -4.67. The van der Waals surface area contributed by atoms with Gasteiger partial charge < -0.3 is 4.74 Å². The maximum atomic E-state index is 8.74. The Bertz CT molecular complexity index is 498. The highest BCUT2D eigenvalue weighted by molar-refractivity contribution is 7.79. The van der Waals surface area contributed by atoms with Gasteiger partial charge in [0.05, 0.1) is 12.2 Å². The normalized spacial score (nSPS) is 13.2. The molecular weight excluding hydrogens is 496 g/mol. The quantitative estimate of drug-likeness (QED) is 0.0729. The van der Waals surface area contributed by atoms with Gasteiger partial charge in [-0.1, -0.05) is 168 Å². The highest BCUT2D eigenvalue weighted by atomic mass is 32.3. The SMILES string of the molecule is CCCCCCCCCCCCCCC(C)OC(C)CCCCCCCCCCCCCC.O=S(=O)(O)O. The highest BCUT2D eigenvalue weighted by Crippen LogP contribution is 2.17. The van der Waals surface area contributed by atoms with Gasteiger partial charge in [0.25, 0.3) is 0 Å². The average Bonchev–Trinajstić information content (AvgIpc) is 2.84. The third kappa shape index (κ3) is 42.9. The first-order chi connectivity index (χ1) is 18.2. The molecule has 38 heavy (non-hydrogen) atoms. The topological polar surface area (TPSA) is 83.8 Å². The van der Waals surface area contributed by atoms with Crippen LogP contribution < -0.4 is 0 Å². The van der Waals surface area contributed by atoms with Gasteiger partial charge in [-0.15, -0.1) is 0 Å². The Hall–Kier alpha value is -0.170. The van der Waals surface area contributed by atoms with Crippen molar-refractivity contribution in [1.29, 1.82) is 0 Å². The molecule has 0 fully saturated rings. The van der Waals surface area contributed by atoms with E-state index in [1.165, 1.54) is 167 Å². The Morgan fingerprint density at radius 2 is 0.632 bits per heavy atom. The van der Waals surface area contributed by atoms with Crippen LogP contribution in [0, 0.1) is 0 Å². The molecule has 0 rings (SSSR count). The molecule has 0 spiro atoms. The van der Waals surface area contributed by atoms with Gasteiger partial charge in [0.1, 0.15) is 0 Å². The van der Waals surface area contributed by atoms with Crippen molar-refractivity contribution in [3.8, 4) is 0 Å². The molecule has 0 aliphatic heterocycles. The van der Waals surface area contributed by atoms with Crippen molar-refractivity contribution in [2.24, 2.45) is 0 Å². The van der Waals surface area contributed by atoms with E-state index in [1.54, 1.807) is 0 Å². The molecule has 0 aliphatic rings. The Balaban J connectivity index is 0. The fraction of sp³-hybridized carbons (Fsp3) is 1.00. The molecule has 0 heterocycles. The van der Waals surface area contributed by atoms with Gasteiger partial charge >= 0.3 is 10.4 Å². The molecule has 0 aromatic rings. The number of hydrogen-bond donors (Lipinski definition) is 2. The fourth-order valence-electron chi connectivity index (χ4n) is 5.08. The van der Waals surface area contributed by atoms with Crippen LogP contribution in [0.4, 0.5) is 0 Å². The summed E-state index contributed by atoms with van der Waals surface area (Å²) in [5.41, 5.74) is 0. The van der Waals surface area contributed by atoms with E-state index in [0.717, 1.165) is 0 Å². The molecular formula is C32H68O5S. The van der Waals surface area contributed by atoms with Crippen molar-refractivity contribution in [3.05, 3.63) is 0 Å². The van der Waals surface area contributed by atoms with Gasteiger partial charge in [-0.05, 0) is 26.7 Å². The predicted molar refractivity (Wildman–Crippen MR) is 166 cm³/mol. The Morgan fingerprint density at radius 1 is 0.447 bits per heavy atom. The third-order valence-corrected chi connectivity index (χ3v) is 7.39. The van der Waals surface area contributed by atoms with Gasteiger partial charge in [-0.2, -0.15) is 8.42 Å². The van der Waals surface area contributed by atoms with E-state index >= 15 is 0 Å². The summed E-state index contributed by atoms with van der Waals surface area (Å²) in [6.45, 7) is 9.18. The van der Waals surface area contributed by atoms with Crippen LogP contribution in [-0.4, -0.2) is 29.7 Å². The minimum absolute atomic E-state index is 0.445. The molecule has 5 nitrogen and oxygen atoms in total. The van der Waals surface area contributed by atoms with Crippen LogP contribution in [0.15, 0.2) is 0 Å². The average molecular weight is 565 g/mol. The van der Waals surface area contributed by atoms with Gasteiger partial charge in [0.15, 0.2) is 0 Å². The second-order valence-corrected chi connectivity index (χ2v) is 12.5. The summed E-state index contributed by atoms with van der Waals surface area (Å²) >= 11 is 0. The smallest absolute Gasteiger partial charge is 0.376 e. The summed E-state index contributed by atoms with van der Waals surface area (Å²) in [4.78, 5) is 0. The van der Waals surface area contributed by atoms with Crippen molar-refractivity contribution in [1.82, 2.24) is 0 Å². The maximum Gasteiger partial charge on any atom is 0.394 e. The zero-order chi connectivity index (χ0) is 28.7. The Morgan fingerprint density at radius 3 is 0.842 bits per heavy atom. The van der Waals surface area contributed by atoms with Crippen LogP contribution in [-0.2, 0) is 15.1 Å². The van der Waals surface area contributed by atoms with Crippen LogP contribution in [0.2, 0.25) is 0 Å². The van der Waals surface area contributed by atoms with Crippen molar-refractivity contribution in [3.63, 3.8) is 0 Å². The zero-order valence-corrected chi connectivity index (χ0v) is 26.9. The molecule has 0 saturated carbocycles. The first-order valence-corrected chi connectivity index (χ1v) is 18.0. The summed E-state index contributed by atoms with van der Waals surface area (Å²) < 4.78 is 37.8. The van der Waals surface area contributed by atoms with Crippen LogP contribution >= 0.6 is 0 Å². The van der Waals surface area contributed by atoms with Crippen molar-refractivity contribution in [2.45, 2.75) is 207 Å². The van der Waals surface area contributed by atoms with Crippen LogP contribution in [0.1, 0.15) is 195 Å². The lowest BCUT2D eigenvalue weighted by Gasteiger charge is -2.19. The molecule has 0 aromatic heterocycles. The highest BCUT2D eigenvalue weighted by Gasteiger charge is 2.08. The molecule has 6 heteroatoms. The Kier molecular flexibility index (Phi) is 33.0. The largest absolute Gasteiger partial charge is 0.394 e. The second-order valence-electron chi connectivity index (χ2n) is 11.6. The van der Waals surface area contributed by atoms with Gasteiger partial charge in [-0.3, -0.25) is 9.11 Å². The molecule has 0 radical (unpaired) electrons. The summed E-state index contributed by atoms with van der Waals surface area (Å²) in [5, 5.41) is 0. The summed E-state index contributed by atoms with van der Waals surface area (Å²) in [5.74, 6) is 0. The number of hydrogen-bond acceptors (Lipinski definition) is 3. The molecule has 2 unspecified atom stereocenters. The van der Waals surface area contributed by atoms with Crippen molar-refractivity contribution in [2.75, 3.05) is 0 Å². The van der Waals surface area contributed by atoms with Gasteiger partial charge in [0.2, 0.25) is 0 Å². The van der Waals surface area contributed by atoms with Gasteiger partial charge in [0, 0.05) is 0 Å². The molecule has 232 valence electrons. The fourth-order valence-corrected chi connectivity index (χ4v) is 5.08. The monoisotopic (exact) mass is 564 g/mol. The van der Waals surface area contributed by atoms with E-state index in [2.05, 4.69) is 27.7 Å². The summed E-state index contributed by atoms with van der Waals surface area (Å²) in [7, 11) is -4.67. The van der Waals surface area contributed by atoms with E-state index in [9.17, 15) is 0 Å². The molecule has 0 saturated heterocycles. The predicted octanol–water partition coefficient (Wildman–Crippen LogP) is 11.3. The lowest BCUT2D eigenvalue weighted by Crippen LogP contribution is -2.17. The molecule has 0 aliphatic carbocycles. The summed E-state index contributed by atoms with van der Waals surface area (Å²) in [6.07, 6.45) is 37.7. The summed E-state index contributed by atoms with van der Waals surface area (Å²) in [6, 6.07) is 0. The van der Waals surface area contributed by atoms with E-state index in [1.807, 2.05) is 0 Å². The van der Waals surface area contributed by atoms with E-state index in [4.69, 9.17) is 22.3 Å². The van der Waals surface area contributed by atoms with Gasteiger partial charge in [-0.25, -0.2) is 0 Å². The van der Waals surface area contributed by atoms with E-state index in [0.29, 0.717) is 12.2 Å². The molecule has 2 atom stereocenters. The molecule has 0 amide bonds. The first-order valence-electron chi connectivity index (χ1n) is 16.6. The van der Waals surface area contributed by atoms with Crippen LogP contribution in [0.25, 0.3) is 0 Å². The van der Waals surface area contributed by atoms with Crippen molar-refractivity contribution < 1.29 is 22.3 Å². The van der Waals surface area contributed by atoms with Crippen LogP contribution in [0.3, 0.4) is 0 Å².